The molecule has 3 rings (SSSR count). The Morgan fingerprint density at radius 3 is 2.21 bits per heavy atom. The number of ether oxygens (including phenoxy) is 1. The van der Waals surface area contributed by atoms with Gasteiger partial charge in [0.2, 0.25) is 0 Å². The first-order valence-corrected chi connectivity index (χ1v) is 9.33. The topological polar surface area (TPSA) is 55.4 Å². The number of nitrogens with one attached hydrogen (secondary N) is 1. The van der Waals surface area contributed by atoms with Gasteiger partial charge in [-0.3, -0.25) is 4.79 Å². The van der Waals surface area contributed by atoms with Crippen LogP contribution in [0.5, 0.6) is 0 Å². The third-order valence-electron chi connectivity index (χ3n) is 4.46. The van der Waals surface area contributed by atoms with Gasteiger partial charge in [-0.15, -0.1) is 0 Å². The number of carbonyl (C=O) groups is 2. The van der Waals surface area contributed by atoms with Gasteiger partial charge in [0, 0.05) is 5.69 Å². The maximum atomic E-state index is 12.3. The second kappa shape index (κ2) is 9.51. The number of aryl methyl sites for hydroxylation is 1. The van der Waals surface area contributed by atoms with Gasteiger partial charge in [0.05, 0.1) is 5.56 Å². The molecule has 0 aliphatic carbocycles. The average Bonchev–Trinajstić information content (AvgIpc) is 2.74. The van der Waals surface area contributed by atoms with Crippen LogP contribution >= 0.6 is 0 Å². The Morgan fingerprint density at radius 1 is 0.821 bits per heavy atom. The van der Waals surface area contributed by atoms with Gasteiger partial charge in [-0.1, -0.05) is 67.6 Å². The van der Waals surface area contributed by atoms with Gasteiger partial charge in [0.1, 0.15) is 0 Å². The molecule has 1 N–H and O–H groups in total. The maximum absolute atomic E-state index is 12.3. The van der Waals surface area contributed by atoms with E-state index in [9.17, 15) is 9.59 Å². The predicted octanol–water partition coefficient (Wildman–Crippen LogP) is 4.64. The third-order valence-corrected chi connectivity index (χ3v) is 4.46. The minimum absolute atomic E-state index is 0.325. The fraction of sp³-hybridized carbons (Fsp3) is 0.167. The van der Waals surface area contributed by atoms with Crippen molar-refractivity contribution >= 4 is 17.6 Å². The lowest BCUT2D eigenvalue weighted by molar-refractivity contribution is -0.119. The van der Waals surface area contributed by atoms with Gasteiger partial charge in [-0.25, -0.2) is 4.79 Å². The van der Waals surface area contributed by atoms with Crippen molar-refractivity contribution in [1.29, 1.82) is 0 Å². The molecule has 4 heteroatoms. The molecule has 0 aliphatic rings. The van der Waals surface area contributed by atoms with Crippen molar-refractivity contribution in [3.8, 4) is 0 Å². The van der Waals surface area contributed by atoms with Crippen molar-refractivity contribution in [2.24, 2.45) is 0 Å². The monoisotopic (exact) mass is 373 g/mol. The predicted molar refractivity (Wildman–Crippen MR) is 110 cm³/mol. The number of carbonyl (C=O) groups excluding carboxylic acids is 2. The zero-order chi connectivity index (χ0) is 19.8. The molecule has 3 aromatic carbocycles. The minimum atomic E-state index is -0.504. The van der Waals surface area contributed by atoms with Crippen molar-refractivity contribution in [3.05, 3.63) is 101 Å². The van der Waals surface area contributed by atoms with Crippen molar-refractivity contribution in [3.63, 3.8) is 0 Å². The number of anilines is 1. The zero-order valence-corrected chi connectivity index (χ0v) is 15.9. The van der Waals surface area contributed by atoms with Crippen LogP contribution < -0.4 is 5.32 Å². The van der Waals surface area contributed by atoms with Crippen molar-refractivity contribution in [2.45, 2.75) is 19.8 Å². The first-order valence-electron chi connectivity index (χ1n) is 9.33. The number of esters is 1. The molecule has 0 bridgehead atoms. The van der Waals surface area contributed by atoms with Gasteiger partial charge in [-0.05, 0) is 47.7 Å². The first kappa shape index (κ1) is 19.4. The molecule has 0 fully saturated rings. The number of hydrogen-bond acceptors (Lipinski definition) is 3. The largest absolute Gasteiger partial charge is 0.452 e. The smallest absolute Gasteiger partial charge is 0.338 e. The highest BCUT2D eigenvalue weighted by atomic mass is 16.5. The van der Waals surface area contributed by atoms with Gasteiger partial charge in [0.25, 0.3) is 5.91 Å². The van der Waals surface area contributed by atoms with E-state index < -0.39 is 5.97 Å². The summed E-state index contributed by atoms with van der Waals surface area (Å²) in [6.45, 7) is 1.72. The summed E-state index contributed by atoms with van der Waals surface area (Å²) in [6, 6.07) is 24.9. The molecule has 1 amide bonds. The van der Waals surface area contributed by atoms with E-state index >= 15 is 0 Å². The highest BCUT2D eigenvalue weighted by Gasteiger charge is 2.12. The summed E-state index contributed by atoms with van der Waals surface area (Å²) in [6.07, 6.45) is 1.61. The molecule has 28 heavy (non-hydrogen) atoms. The summed E-state index contributed by atoms with van der Waals surface area (Å²) in [7, 11) is 0. The summed E-state index contributed by atoms with van der Waals surface area (Å²) in [5, 5.41) is 2.84. The Morgan fingerprint density at radius 2 is 1.50 bits per heavy atom. The quantitative estimate of drug-likeness (QED) is 0.614. The average molecular weight is 373 g/mol. The van der Waals surface area contributed by atoms with Crippen molar-refractivity contribution in [2.75, 3.05) is 11.9 Å². The van der Waals surface area contributed by atoms with E-state index in [0.29, 0.717) is 12.0 Å². The first-order chi connectivity index (χ1) is 13.7. The van der Waals surface area contributed by atoms with E-state index in [1.54, 1.807) is 12.1 Å². The van der Waals surface area contributed by atoms with Crippen LogP contribution in [0.15, 0.2) is 78.9 Å². The van der Waals surface area contributed by atoms with Crippen LogP contribution in [0.25, 0.3) is 0 Å². The Hall–Kier alpha value is -3.40. The molecule has 0 saturated heterocycles. The highest BCUT2D eigenvalue weighted by molar-refractivity contribution is 5.96. The second-order valence-electron chi connectivity index (χ2n) is 6.49. The molecule has 0 atom stereocenters. The van der Waals surface area contributed by atoms with E-state index in [1.807, 2.05) is 73.7 Å². The lowest BCUT2D eigenvalue weighted by atomic mass is 10.0. The summed E-state index contributed by atoms with van der Waals surface area (Å²) in [4.78, 5) is 24.4. The van der Waals surface area contributed by atoms with Crippen LogP contribution in [0.1, 0.15) is 34.0 Å². The molecule has 0 aromatic heterocycles. The Kier molecular flexibility index (Phi) is 6.58. The van der Waals surface area contributed by atoms with Crippen LogP contribution in [0.4, 0.5) is 5.69 Å². The van der Waals surface area contributed by atoms with Gasteiger partial charge < -0.3 is 10.1 Å². The summed E-state index contributed by atoms with van der Waals surface area (Å²) in [5.74, 6) is -0.866. The molecule has 142 valence electrons. The molecular weight excluding hydrogens is 350 g/mol. The summed E-state index contributed by atoms with van der Waals surface area (Å²) >= 11 is 0. The van der Waals surface area contributed by atoms with E-state index in [4.69, 9.17) is 4.74 Å². The fourth-order valence-electron chi connectivity index (χ4n) is 2.89. The van der Waals surface area contributed by atoms with E-state index in [1.165, 1.54) is 0 Å². The SMILES string of the molecule is CCc1ccc(C(=O)OCC(=O)Nc2ccccc2Cc2ccccc2)cc1. The Bertz CT molecular complexity index is 934. The fourth-order valence-corrected chi connectivity index (χ4v) is 2.89. The minimum Gasteiger partial charge on any atom is -0.452 e. The number of benzene rings is 3. The highest BCUT2D eigenvalue weighted by Crippen LogP contribution is 2.19. The van der Waals surface area contributed by atoms with Gasteiger partial charge in [-0.2, -0.15) is 0 Å². The molecule has 0 spiro atoms. The van der Waals surface area contributed by atoms with Crippen LogP contribution in [0.2, 0.25) is 0 Å². The van der Waals surface area contributed by atoms with Crippen LogP contribution in [-0.2, 0) is 22.4 Å². The summed E-state index contributed by atoms with van der Waals surface area (Å²) in [5.41, 5.74) is 4.47. The van der Waals surface area contributed by atoms with Crippen LogP contribution in [0, 0.1) is 0 Å². The molecule has 3 aromatic rings. The maximum Gasteiger partial charge on any atom is 0.338 e. The third kappa shape index (κ3) is 5.30. The number of hydrogen-bond donors (Lipinski definition) is 1. The second-order valence-corrected chi connectivity index (χ2v) is 6.49. The number of rotatable bonds is 7. The molecule has 0 aliphatic heterocycles. The molecular formula is C24H23NO3. The molecule has 4 nitrogen and oxygen atoms in total. The zero-order valence-electron chi connectivity index (χ0n) is 15.9. The Balaban J connectivity index is 1.58. The van der Waals surface area contributed by atoms with Gasteiger partial charge in [0.15, 0.2) is 6.61 Å². The lowest BCUT2D eigenvalue weighted by Crippen LogP contribution is -2.21. The van der Waals surface area contributed by atoms with Crippen molar-refractivity contribution < 1.29 is 14.3 Å². The molecule has 0 radical (unpaired) electrons. The molecule has 0 saturated carbocycles. The standard InChI is InChI=1S/C24H23NO3/c1-2-18-12-14-20(15-13-18)24(27)28-17-23(26)25-22-11-7-6-10-21(22)16-19-8-4-3-5-9-19/h3-15H,2,16-17H2,1H3,(H,25,26). The van der Waals surface area contributed by atoms with E-state index in [0.717, 1.165) is 28.8 Å². The summed E-state index contributed by atoms with van der Waals surface area (Å²) < 4.78 is 5.14. The molecule has 0 heterocycles. The van der Waals surface area contributed by atoms with Crippen molar-refractivity contribution in [1.82, 2.24) is 0 Å². The molecule has 0 unspecified atom stereocenters. The number of amides is 1. The van der Waals surface area contributed by atoms with E-state index in [2.05, 4.69) is 5.32 Å². The number of para-hydroxylation sites is 1. The van der Waals surface area contributed by atoms with Crippen LogP contribution in [0.3, 0.4) is 0 Å². The van der Waals surface area contributed by atoms with Crippen LogP contribution in [-0.4, -0.2) is 18.5 Å². The Labute approximate surface area is 165 Å². The van der Waals surface area contributed by atoms with E-state index in [-0.39, 0.29) is 12.5 Å². The normalized spacial score (nSPS) is 10.3. The van der Waals surface area contributed by atoms with Gasteiger partial charge >= 0.3 is 5.97 Å². The lowest BCUT2D eigenvalue weighted by Gasteiger charge is -2.11.